The van der Waals surface area contributed by atoms with Crippen molar-refractivity contribution in [2.24, 2.45) is 11.7 Å². The van der Waals surface area contributed by atoms with Crippen molar-refractivity contribution in [1.82, 2.24) is 4.90 Å². The molecule has 1 rings (SSSR count). The Morgan fingerprint density at radius 2 is 1.88 bits per heavy atom. The number of nitrogens with zero attached hydrogens (tertiary/aromatic N) is 1. The molecule has 1 heterocycles. The molecule has 0 aromatic heterocycles. The summed E-state index contributed by atoms with van der Waals surface area (Å²) in [5.41, 5.74) is 5.20. The first-order valence-electron chi connectivity index (χ1n) is 5.51. The van der Waals surface area contributed by atoms with Crippen LogP contribution in [-0.2, 0) is 0 Å². The average molecular weight is 237 g/mol. The molecule has 0 atom stereocenters. The fourth-order valence-corrected chi connectivity index (χ4v) is 1.98. The number of alkyl halides is 3. The molecular weight excluding hydrogens is 219 g/mol. The van der Waals surface area contributed by atoms with Gasteiger partial charge in [0.05, 0.1) is 11.8 Å². The number of hydrogen-bond donors (Lipinski definition) is 2. The molecule has 0 bridgehead atoms. The molecule has 0 aromatic carbocycles. The van der Waals surface area contributed by atoms with E-state index in [0.717, 1.165) is 13.0 Å². The number of nitrogens with two attached hydrogens (primary N) is 1. The van der Waals surface area contributed by atoms with Crippen molar-refractivity contribution in [1.29, 1.82) is 5.41 Å². The van der Waals surface area contributed by atoms with Crippen molar-refractivity contribution in [3.05, 3.63) is 0 Å². The van der Waals surface area contributed by atoms with Crippen molar-refractivity contribution in [3.63, 3.8) is 0 Å². The van der Waals surface area contributed by atoms with Crippen molar-refractivity contribution >= 4 is 5.84 Å². The molecule has 1 aliphatic rings. The van der Waals surface area contributed by atoms with Crippen LogP contribution in [0.15, 0.2) is 0 Å². The van der Waals surface area contributed by atoms with E-state index in [-0.39, 0.29) is 18.7 Å². The van der Waals surface area contributed by atoms with E-state index in [1.54, 1.807) is 0 Å². The van der Waals surface area contributed by atoms with E-state index in [0.29, 0.717) is 19.5 Å². The van der Waals surface area contributed by atoms with Crippen molar-refractivity contribution < 1.29 is 13.2 Å². The van der Waals surface area contributed by atoms with Gasteiger partial charge in [-0.3, -0.25) is 5.41 Å². The standard InChI is InChI=1S/C10H18F3N3/c11-10(12,13)8-3-6-16(7-4-8)5-1-2-9(14)15/h8H,1-7H2,(H3,14,15). The van der Waals surface area contributed by atoms with Crippen LogP contribution in [0.5, 0.6) is 0 Å². The van der Waals surface area contributed by atoms with Gasteiger partial charge in [0.25, 0.3) is 0 Å². The molecule has 0 aliphatic carbocycles. The first-order chi connectivity index (χ1) is 7.39. The van der Waals surface area contributed by atoms with Crippen LogP contribution >= 0.6 is 0 Å². The fourth-order valence-electron chi connectivity index (χ4n) is 1.98. The Balaban J connectivity index is 2.19. The summed E-state index contributed by atoms with van der Waals surface area (Å²) in [7, 11) is 0. The second-order valence-corrected chi connectivity index (χ2v) is 4.29. The first-order valence-corrected chi connectivity index (χ1v) is 5.51. The van der Waals surface area contributed by atoms with E-state index in [9.17, 15) is 13.2 Å². The molecule has 0 amide bonds. The summed E-state index contributed by atoms with van der Waals surface area (Å²) in [4.78, 5) is 2.02. The third-order valence-electron chi connectivity index (χ3n) is 2.97. The minimum absolute atomic E-state index is 0.144. The van der Waals surface area contributed by atoms with Crippen LogP contribution in [-0.4, -0.2) is 36.5 Å². The van der Waals surface area contributed by atoms with Crippen LogP contribution in [0.3, 0.4) is 0 Å². The Bertz CT molecular complexity index is 232. The molecule has 6 heteroatoms. The molecule has 0 aromatic rings. The number of halogens is 3. The first kappa shape index (κ1) is 13.3. The monoisotopic (exact) mass is 237 g/mol. The lowest BCUT2D eigenvalue weighted by Crippen LogP contribution is -2.39. The number of rotatable bonds is 4. The second kappa shape index (κ2) is 5.52. The van der Waals surface area contributed by atoms with Gasteiger partial charge in [0.2, 0.25) is 0 Å². The Morgan fingerprint density at radius 1 is 1.31 bits per heavy atom. The lowest BCUT2D eigenvalue weighted by Gasteiger charge is -2.32. The van der Waals surface area contributed by atoms with E-state index >= 15 is 0 Å². The SMILES string of the molecule is N=C(N)CCCN1CCC(C(F)(F)F)CC1. The Kier molecular flexibility index (Phi) is 4.58. The maximum atomic E-state index is 12.4. The molecular formula is C10H18F3N3. The van der Waals surface area contributed by atoms with Crippen LogP contribution in [0.2, 0.25) is 0 Å². The van der Waals surface area contributed by atoms with Gasteiger partial charge in [-0.2, -0.15) is 13.2 Å². The summed E-state index contributed by atoms with van der Waals surface area (Å²) in [6, 6.07) is 0. The normalized spacial score (nSPS) is 19.9. The summed E-state index contributed by atoms with van der Waals surface area (Å²) in [6.07, 6.45) is -2.36. The van der Waals surface area contributed by atoms with E-state index < -0.39 is 12.1 Å². The van der Waals surface area contributed by atoms with Crippen molar-refractivity contribution in [3.8, 4) is 0 Å². The zero-order valence-corrected chi connectivity index (χ0v) is 9.19. The molecule has 1 fully saturated rings. The van der Waals surface area contributed by atoms with Gasteiger partial charge in [-0.25, -0.2) is 0 Å². The number of amidine groups is 1. The Hall–Kier alpha value is -0.780. The smallest absolute Gasteiger partial charge is 0.388 e. The highest BCUT2D eigenvalue weighted by Gasteiger charge is 2.40. The highest BCUT2D eigenvalue weighted by atomic mass is 19.4. The molecule has 0 radical (unpaired) electrons. The van der Waals surface area contributed by atoms with Crippen LogP contribution in [0, 0.1) is 11.3 Å². The third-order valence-corrected chi connectivity index (χ3v) is 2.97. The maximum absolute atomic E-state index is 12.4. The van der Waals surface area contributed by atoms with E-state index in [2.05, 4.69) is 0 Å². The van der Waals surface area contributed by atoms with Gasteiger partial charge in [-0.1, -0.05) is 0 Å². The zero-order chi connectivity index (χ0) is 12.2. The van der Waals surface area contributed by atoms with Crippen LogP contribution in [0.25, 0.3) is 0 Å². The average Bonchev–Trinajstić information content (AvgIpc) is 2.16. The van der Waals surface area contributed by atoms with Gasteiger partial charge in [-0.05, 0) is 38.9 Å². The van der Waals surface area contributed by atoms with Crippen LogP contribution in [0.1, 0.15) is 25.7 Å². The second-order valence-electron chi connectivity index (χ2n) is 4.29. The molecule has 3 N–H and O–H groups in total. The molecule has 3 nitrogen and oxygen atoms in total. The quantitative estimate of drug-likeness (QED) is 0.580. The lowest BCUT2D eigenvalue weighted by molar-refractivity contribution is -0.185. The summed E-state index contributed by atoms with van der Waals surface area (Å²) < 4.78 is 37.1. The van der Waals surface area contributed by atoms with Gasteiger partial charge >= 0.3 is 6.18 Å². The molecule has 94 valence electrons. The van der Waals surface area contributed by atoms with E-state index in [1.165, 1.54) is 0 Å². The number of likely N-dealkylation sites (tertiary alicyclic amines) is 1. The molecule has 16 heavy (non-hydrogen) atoms. The van der Waals surface area contributed by atoms with Gasteiger partial charge in [0, 0.05) is 6.42 Å². The predicted molar refractivity (Wildman–Crippen MR) is 56.4 cm³/mol. The Morgan fingerprint density at radius 3 is 2.31 bits per heavy atom. The number of nitrogens with one attached hydrogen (secondary N) is 1. The molecule has 1 aliphatic heterocycles. The summed E-state index contributed by atoms with van der Waals surface area (Å²) >= 11 is 0. The van der Waals surface area contributed by atoms with Crippen molar-refractivity contribution in [2.45, 2.75) is 31.9 Å². The highest BCUT2D eigenvalue weighted by molar-refractivity contribution is 5.76. The predicted octanol–water partition coefficient (Wildman–Crippen LogP) is 1.98. The topological polar surface area (TPSA) is 53.1 Å². The van der Waals surface area contributed by atoms with Crippen LogP contribution < -0.4 is 5.73 Å². The minimum atomic E-state index is -4.04. The number of piperidine rings is 1. The van der Waals surface area contributed by atoms with Gasteiger partial charge < -0.3 is 10.6 Å². The molecule has 0 unspecified atom stereocenters. The molecule has 1 saturated heterocycles. The number of hydrogen-bond acceptors (Lipinski definition) is 2. The zero-order valence-electron chi connectivity index (χ0n) is 9.19. The van der Waals surface area contributed by atoms with E-state index in [1.807, 2.05) is 4.90 Å². The van der Waals surface area contributed by atoms with E-state index in [4.69, 9.17) is 11.1 Å². The summed E-state index contributed by atoms with van der Waals surface area (Å²) in [5, 5.41) is 7.04. The Labute approximate surface area is 93.3 Å². The highest BCUT2D eigenvalue weighted by Crippen LogP contribution is 2.33. The minimum Gasteiger partial charge on any atom is -0.388 e. The van der Waals surface area contributed by atoms with Gasteiger partial charge in [-0.15, -0.1) is 0 Å². The van der Waals surface area contributed by atoms with Gasteiger partial charge in [0.15, 0.2) is 0 Å². The van der Waals surface area contributed by atoms with Gasteiger partial charge in [0.1, 0.15) is 0 Å². The summed E-state index contributed by atoms with van der Waals surface area (Å²) in [6.45, 7) is 1.74. The molecule has 0 saturated carbocycles. The molecule has 0 spiro atoms. The summed E-state index contributed by atoms with van der Waals surface area (Å²) in [5.74, 6) is -0.985. The lowest BCUT2D eigenvalue weighted by atomic mass is 9.96. The third kappa shape index (κ3) is 4.38. The fraction of sp³-hybridized carbons (Fsp3) is 0.900. The van der Waals surface area contributed by atoms with Crippen LogP contribution in [0.4, 0.5) is 13.2 Å². The maximum Gasteiger partial charge on any atom is 0.391 e. The largest absolute Gasteiger partial charge is 0.391 e. The van der Waals surface area contributed by atoms with Crippen molar-refractivity contribution in [2.75, 3.05) is 19.6 Å².